The average Bonchev–Trinajstić information content (AvgIpc) is 3.12. The van der Waals surface area contributed by atoms with Gasteiger partial charge in [-0.3, -0.25) is 14.9 Å². The number of rotatable bonds is 4. The number of amides is 1. The van der Waals surface area contributed by atoms with Crippen molar-refractivity contribution >= 4 is 28.4 Å². The third-order valence-electron chi connectivity index (χ3n) is 3.99. The molecule has 0 saturated heterocycles. The maximum atomic E-state index is 12.4. The van der Waals surface area contributed by atoms with Crippen LogP contribution in [0, 0.1) is 10.1 Å². The Morgan fingerprint density at radius 1 is 1.00 bits per heavy atom. The molecule has 0 spiro atoms. The van der Waals surface area contributed by atoms with Gasteiger partial charge in [0.15, 0.2) is 5.58 Å². The quantitative estimate of drug-likeness (QED) is 0.422. The summed E-state index contributed by atoms with van der Waals surface area (Å²) < 4.78 is 5.78. The molecule has 4 aromatic rings. The molecular weight excluding hydrogens is 346 g/mol. The molecule has 0 aliphatic carbocycles. The average molecular weight is 359 g/mol. The summed E-state index contributed by atoms with van der Waals surface area (Å²) in [5, 5.41) is 13.6. The van der Waals surface area contributed by atoms with Crippen molar-refractivity contribution in [2.45, 2.75) is 0 Å². The van der Waals surface area contributed by atoms with Crippen molar-refractivity contribution in [2.24, 2.45) is 0 Å². The molecule has 0 aliphatic rings. The minimum Gasteiger partial charge on any atom is -0.436 e. The molecule has 1 N–H and O–H groups in total. The first kappa shape index (κ1) is 16.5. The Hall–Kier alpha value is -4.00. The second-order valence-electron chi connectivity index (χ2n) is 5.83. The van der Waals surface area contributed by atoms with Crippen molar-refractivity contribution in [1.82, 2.24) is 4.98 Å². The SMILES string of the molecule is O=C(Nc1ccc2nc(-c3ccccc3)oc2c1)c1cccc([N+](=O)[O-])c1. The van der Waals surface area contributed by atoms with Gasteiger partial charge in [0.1, 0.15) is 5.52 Å². The van der Waals surface area contributed by atoms with Crippen LogP contribution in [0.15, 0.2) is 77.2 Å². The van der Waals surface area contributed by atoms with Gasteiger partial charge in [0.2, 0.25) is 5.89 Å². The van der Waals surface area contributed by atoms with Gasteiger partial charge in [0, 0.05) is 35.0 Å². The van der Waals surface area contributed by atoms with Gasteiger partial charge < -0.3 is 9.73 Å². The third-order valence-corrected chi connectivity index (χ3v) is 3.99. The molecule has 0 bridgehead atoms. The van der Waals surface area contributed by atoms with Crippen LogP contribution in [0.5, 0.6) is 0 Å². The van der Waals surface area contributed by atoms with Crippen LogP contribution in [-0.4, -0.2) is 15.8 Å². The summed E-state index contributed by atoms with van der Waals surface area (Å²) in [6.07, 6.45) is 0. The minimum absolute atomic E-state index is 0.138. The number of aromatic nitrogens is 1. The monoisotopic (exact) mass is 359 g/mol. The molecule has 1 heterocycles. The normalized spacial score (nSPS) is 10.7. The summed E-state index contributed by atoms with van der Waals surface area (Å²) in [5.74, 6) is 0.0496. The van der Waals surface area contributed by atoms with Crippen LogP contribution in [0.1, 0.15) is 10.4 Å². The van der Waals surface area contributed by atoms with Gasteiger partial charge in [-0.2, -0.15) is 0 Å². The van der Waals surface area contributed by atoms with Gasteiger partial charge in [0.05, 0.1) is 4.92 Å². The lowest BCUT2D eigenvalue weighted by Gasteiger charge is -2.04. The summed E-state index contributed by atoms with van der Waals surface area (Å²) in [6.45, 7) is 0. The molecule has 0 radical (unpaired) electrons. The number of nitrogens with one attached hydrogen (secondary N) is 1. The van der Waals surface area contributed by atoms with E-state index in [0.717, 1.165) is 5.56 Å². The summed E-state index contributed by atoms with van der Waals surface area (Å²) >= 11 is 0. The largest absolute Gasteiger partial charge is 0.436 e. The van der Waals surface area contributed by atoms with Crippen LogP contribution in [-0.2, 0) is 0 Å². The molecule has 4 rings (SSSR count). The van der Waals surface area contributed by atoms with E-state index in [1.807, 2.05) is 30.3 Å². The van der Waals surface area contributed by atoms with Gasteiger partial charge >= 0.3 is 0 Å². The van der Waals surface area contributed by atoms with Crippen LogP contribution in [0.25, 0.3) is 22.6 Å². The first-order valence-corrected chi connectivity index (χ1v) is 8.12. The predicted octanol–water partition coefficient (Wildman–Crippen LogP) is 4.66. The van der Waals surface area contributed by atoms with Crippen molar-refractivity contribution in [1.29, 1.82) is 0 Å². The molecule has 7 heteroatoms. The number of nitro benzene ring substituents is 1. The van der Waals surface area contributed by atoms with E-state index in [9.17, 15) is 14.9 Å². The highest BCUT2D eigenvalue weighted by molar-refractivity contribution is 6.05. The van der Waals surface area contributed by atoms with Gasteiger partial charge in [-0.25, -0.2) is 4.98 Å². The maximum Gasteiger partial charge on any atom is 0.270 e. The number of hydrogen-bond acceptors (Lipinski definition) is 5. The zero-order valence-corrected chi connectivity index (χ0v) is 14.0. The number of oxazole rings is 1. The maximum absolute atomic E-state index is 12.4. The van der Waals surface area contributed by atoms with E-state index in [1.54, 1.807) is 18.2 Å². The Kier molecular flexibility index (Phi) is 4.10. The number of hydrogen-bond donors (Lipinski definition) is 1. The van der Waals surface area contributed by atoms with Gasteiger partial charge in [-0.1, -0.05) is 24.3 Å². The van der Waals surface area contributed by atoms with Gasteiger partial charge in [-0.05, 0) is 30.3 Å². The summed E-state index contributed by atoms with van der Waals surface area (Å²) in [6, 6.07) is 20.2. The van der Waals surface area contributed by atoms with Crippen molar-refractivity contribution in [2.75, 3.05) is 5.32 Å². The number of carbonyl (C=O) groups is 1. The molecule has 0 aliphatic heterocycles. The fourth-order valence-corrected chi connectivity index (χ4v) is 2.67. The lowest BCUT2D eigenvalue weighted by molar-refractivity contribution is -0.384. The number of non-ortho nitro benzene ring substituents is 1. The summed E-state index contributed by atoms with van der Waals surface area (Å²) in [7, 11) is 0. The van der Waals surface area contributed by atoms with E-state index in [4.69, 9.17) is 4.42 Å². The van der Waals surface area contributed by atoms with Crippen LogP contribution >= 0.6 is 0 Å². The lowest BCUT2D eigenvalue weighted by Crippen LogP contribution is -2.11. The lowest BCUT2D eigenvalue weighted by atomic mass is 10.2. The second-order valence-corrected chi connectivity index (χ2v) is 5.83. The summed E-state index contributed by atoms with van der Waals surface area (Å²) in [5.41, 5.74) is 2.63. The van der Waals surface area contributed by atoms with Crippen LogP contribution < -0.4 is 5.32 Å². The standard InChI is InChI=1S/C20H13N3O4/c24-19(14-7-4-8-16(11-14)23(25)26)21-15-9-10-17-18(12-15)27-20(22-17)13-5-2-1-3-6-13/h1-12H,(H,21,24). The van der Waals surface area contributed by atoms with E-state index < -0.39 is 10.8 Å². The molecule has 7 nitrogen and oxygen atoms in total. The Bertz CT molecular complexity index is 1150. The van der Waals surface area contributed by atoms with E-state index in [1.165, 1.54) is 24.3 Å². The fourth-order valence-electron chi connectivity index (χ4n) is 2.67. The summed E-state index contributed by atoms with van der Waals surface area (Å²) in [4.78, 5) is 27.1. The minimum atomic E-state index is -0.539. The molecule has 0 fully saturated rings. The number of fused-ring (bicyclic) bond motifs is 1. The van der Waals surface area contributed by atoms with Crippen molar-refractivity contribution in [3.63, 3.8) is 0 Å². The molecule has 132 valence electrons. The topological polar surface area (TPSA) is 98.3 Å². The highest BCUT2D eigenvalue weighted by atomic mass is 16.6. The molecule has 3 aromatic carbocycles. The molecule has 0 unspecified atom stereocenters. The Labute approximate surface area is 153 Å². The predicted molar refractivity (Wildman–Crippen MR) is 100 cm³/mol. The Balaban J connectivity index is 1.60. The van der Waals surface area contributed by atoms with Gasteiger partial charge in [-0.15, -0.1) is 0 Å². The number of anilines is 1. The van der Waals surface area contributed by atoms with Crippen LogP contribution in [0.4, 0.5) is 11.4 Å². The number of nitrogens with zero attached hydrogens (tertiary/aromatic N) is 2. The van der Waals surface area contributed by atoms with Crippen molar-refractivity contribution in [3.8, 4) is 11.5 Å². The van der Waals surface area contributed by atoms with E-state index in [-0.39, 0.29) is 11.3 Å². The molecule has 0 atom stereocenters. The number of carbonyl (C=O) groups excluding carboxylic acids is 1. The second kappa shape index (κ2) is 6.72. The molecule has 1 aromatic heterocycles. The number of nitro groups is 1. The van der Waals surface area contributed by atoms with Gasteiger partial charge in [0.25, 0.3) is 11.6 Å². The molecular formula is C20H13N3O4. The van der Waals surface area contributed by atoms with E-state index >= 15 is 0 Å². The first-order chi connectivity index (χ1) is 13.1. The van der Waals surface area contributed by atoms with Crippen molar-refractivity contribution < 1.29 is 14.1 Å². The zero-order chi connectivity index (χ0) is 18.8. The zero-order valence-electron chi connectivity index (χ0n) is 14.0. The van der Waals surface area contributed by atoms with Crippen molar-refractivity contribution in [3.05, 3.63) is 88.5 Å². The first-order valence-electron chi connectivity index (χ1n) is 8.12. The Morgan fingerprint density at radius 3 is 2.59 bits per heavy atom. The Morgan fingerprint density at radius 2 is 1.81 bits per heavy atom. The molecule has 1 amide bonds. The number of benzene rings is 3. The third kappa shape index (κ3) is 3.38. The smallest absolute Gasteiger partial charge is 0.270 e. The highest BCUT2D eigenvalue weighted by Crippen LogP contribution is 2.26. The molecule has 0 saturated carbocycles. The van der Waals surface area contributed by atoms with E-state index in [0.29, 0.717) is 22.7 Å². The fraction of sp³-hybridized carbons (Fsp3) is 0. The van der Waals surface area contributed by atoms with Crippen LogP contribution in [0.3, 0.4) is 0 Å². The van der Waals surface area contributed by atoms with E-state index in [2.05, 4.69) is 10.3 Å². The highest BCUT2D eigenvalue weighted by Gasteiger charge is 2.13. The van der Waals surface area contributed by atoms with Crippen LogP contribution in [0.2, 0.25) is 0 Å². The molecule has 27 heavy (non-hydrogen) atoms.